The third-order valence-corrected chi connectivity index (χ3v) is 2.48. The predicted molar refractivity (Wildman–Crippen MR) is 50.1 cm³/mol. The minimum absolute atomic E-state index is 0.108. The molecule has 0 spiro atoms. The fourth-order valence-corrected chi connectivity index (χ4v) is 1.69. The van der Waals surface area contributed by atoms with Gasteiger partial charge in [-0.1, -0.05) is 6.07 Å². The van der Waals surface area contributed by atoms with E-state index < -0.39 is 6.04 Å². The lowest BCUT2D eigenvalue weighted by Crippen LogP contribution is -2.40. The van der Waals surface area contributed by atoms with Crippen molar-refractivity contribution in [1.29, 1.82) is 0 Å². The van der Waals surface area contributed by atoms with Gasteiger partial charge in [-0.3, -0.25) is 4.79 Å². The Bertz CT molecular complexity index is 246. The van der Waals surface area contributed by atoms with E-state index in [-0.39, 0.29) is 5.91 Å². The summed E-state index contributed by atoms with van der Waals surface area (Å²) >= 11 is 1.62. The average molecular weight is 184 g/mol. The predicted octanol–water partition coefficient (Wildman–Crippen LogP) is 0.364. The quantitative estimate of drug-likeness (QED) is 0.713. The van der Waals surface area contributed by atoms with Gasteiger partial charge in [0.25, 0.3) is 0 Å². The van der Waals surface area contributed by atoms with Crippen LogP contribution in [0.25, 0.3) is 0 Å². The van der Waals surface area contributed by atoms with Crippen LogP contribution in [0.3, 0.4) is 0 Å². The molecule has 0 aliphatic heterocycles. The Balaban J connectivity index is 2.47. The lowest BCUT2D eigenvalue weighted by Gasteiger charge is -2.07. The number of carbonyl (C=O) groups is 1. The summed E-state index contributed by atoms with van der Waals surface area (Å²) in [5.41, 5.74) is 5.61. The summed E-state index contributed by atoms with van der Waals surface area (Å²) in [7, 11) is 1.59. The molecule has 0 aromatic carbocycles. The molecule has 0 unspecified atom stereocenters. The van der Waals surface area contributed by atoms with Crippen molar-refractivity contribution in [3.8, 4) is 0 Å². The van der Waals surface area contributed by atoms with Crippen molar-refractivity contribution in [2.24, 2.45) is 5.73 Å². The molecule has 4 heteroatoms. The Morgan fingerprint density at radius 2 is 2.58 bits per heavy atom. The molecule has 3 nitrogen and oxygen atoms in total. The van der Waals surface area contributed by atoms with Crippen molar-refractivity contribution in [2.75, 3.05) is 7.05 Å². The second-order valence-electron chi connectivity index (χ2n) is 2.50. The number of likely N-dealkylation sites (N-methyl/N-ethyl adjacent to an activating group) is 1. The number of rotatable bonds is 3. The van der Waals surface area contributed by atoms with Crippen molar-refractivity contribution in [3.05, 3.63) is 22.4 Å². The minimum Gasteiger partial charge on any atom is -0.358 e. The zero-order valence-electron chi connectivity index (χ0n) is 6.91. The van der Waals surface area contributed by atoms with E-state index in [4.69, 9.17) is 5.73 Å². The van der Waals surface area contributed by atoms with Gasteiger partial charge in [-0.05, 0) is 11.4 Å². The first kappa shape index (κ1) is 9.22. The van der Waals surface area contributed by atoms with Crippen molar-refractivity contribution < 1.29 is 4.79 Å². The van der Waals surface area contributed by atoms with E-state index in [1.807, 2.05) is 17.5 Å². The van der Waals surface area contributed by atoms with Crippen LogP contribution in [-0.4, -0.2) is 19.0 Å². The van der Waals surface area contributed by atoms with Crippen LogP contribution in [0.1, 0.15) is 4.88 Å². The molecular weight excluding hydrogens is 172 g/mol. The molecule has 1 aromatic rings. The molecule has 3 N–H and O–H groups in total. The first-order chi connectivity index (χ1) is 5.74. The third kappa shape index (κ3) is 2.32. The molecule has 0 radical (unpaired) electrons. The maximum atomic E-state index is 11.0. The Morgan fingerprint density at radius 3 is 3.08 bits per heavy atom. The van der Waals surface area contributed by atoms with E-state index in [1.165, 1.54) is 0 Å². The van der Waals surface area contributed by atoms with Gasteiger partial charge in [-0.2, -0.15) is 0 Å². The fraction of sp³-hybridized carbons (Fsp3) is 0.375. The van der Waals surface area contributed by atoms with Crippen LogP contribution in [0.15, 0.2) is 17.5 Å². The van der Waals surface area contributed by atoms with E-state index in [2.05, 4.69) is 5.32 Å². The minimum atomic E-state index is -0.423. The standard InChI is InChI=1S/C8H12N2OS/c1-10-8(11)7(9)5-6-3-2-4-12-6/h2-4,7H,5,9H2,1H3,(H,10,11)/t7-/m0/s1. The molecular formula is C8H12N2OS. The molecule has 0 fully saturated rings. The van der Waals surface area contributed by atoms with Crippen LogP contribution in [0.2, 0.25) is 0 Å². The molecule has 1 atom stereocenters. The van der Waals surface area contributed by atoms with E-state index in [0.29, 0.717) is 6.42 Å². The second-order valence-corrected chi connectivity index (χ2v) is 3.54. The van der Waals surface area contributed by atoms with Crippen LogP contribution < -0.4 is 11.1 Å². The highest BCUT2D eigenvalue weighted by atomic mass is 32.1. The summed E-state index contributed by atoms with van der Waals surface area (Å²) in [6.07, 6.45) is 0.622. The molecule has 12 heavy (non-hydrogen) atoms. The monoisotopic (exact) mass is 184 g/mol. The maximum absolute atomic E-state index is 11.0. The van der Waals surface area contributed by atoms with Crippen molar-refractivity contribution >= 4 is 17.2 Å². The van der Waals surface area contributed by atoms with Crippen molar-refractivity contribution in [3.63, 3.8) is 0 Å². The third-order valence-electron chi connectivity index (χ3n) is 1.58. The molecule has 0 bridgehead atoms. The number of carbonyl (C=O) groups excluding carboxylic acids is 1. The van der Waals surface area contributed by atoms with Gasteiger partial charge in [-0.25, -0.2) is 0 Å². The molecule has 66 valence electrons. The van der Waals surface area contributed by atoms with Crippen LogP contribution >= 0.6 is 11.3 Å². The van der Waals surface area contributed by atoms with E-state index in [1.54, 1.807) is 18.4 Å². The summed E-state index contributed by atoms with van der Waals surface area (Å²) in [5.74, 6) is -0.108. The van der Waals surface area contributed by atoms with Crippen LogP contribution in [0.4, 0.5) is 0 Å². The van der Waals surface area contributed by atoms with Crippen molar-refractivity contribution in [2.45, 2.75) is 12.5 Å². The van der Waals surface area contributed by atoms with Gasteiger partial charge in [0.15, 0.2) is 0 Å². The van der Waals surface area contributed by atoms with Gasteiger partial charge in [0.1, 0.15) is 0 Å². The number of hydrogen-bond donors (Lipinski definition) is 2. The highest BCUT2D eigenvalue weighted by Gasteiger charge is 2.11. The fourth-order valence-electron chi connectivity index (χ4n) is 0.924. The van der Waals surface area contributed by atoms with Gasteiger partial charge in [-0.15, -0.1) is 11.3 Å². The molecule has 1 heterocycles. The van der Waals surface area contributed by atoms with Gasteiger partial charge in [0, 0.05) is 18.3 Å². The number of thiophene rings is 1. The zero-order chi connectivity index (χ0) is 8.97. The van der Waals surface area contributed by atoms with E-state index in [9.17, 15) is 4.79 Å². The van der Waals surface area contributed by atoms with Crippen LogP contribution in [-0.2, 0) is 11.2 Å². The molecule has 0 saturated carbocycles. The normalized spacial score (nSPS) is 12.5. The first-order valence-corrected chi connectivity index (χ1v) is 4.61. The molecule has 1 amide bonds. The zero-order valence-corrected chi connectivity index (χ0v) is 7.73. The first-order valence-electron chi connectivity index (χ1n) is 3.73. The van der Waals surface area contributed by atoms with Gasteiger partial charge < -0.3 is 11.1 Å². The average Bonchev–Trinajstić information content (AvgIpc) is 2.55. The molecule has 0 saturated heterocycles. The van der Waals surface area contributed by atoms with Crippen LogP contribution in [0.5, 0.6) is 0 Å². The Labute approximate surface area is 75.6 Å². The summed E-state index contributed by atoms with van der Waals surface area (Å²) < 4.78 is 0. The summed E-state index contributed by atoms with van der Waals surface area (Å²) in [6, 6.07) is 3.51. The second kappa shape index (κ2) is 4.23. The van der Waals surface area contributed by atoms with Gasteiger partial charge >= 0.3 is 0 Å². The highest BCUT2D eigenvalue weighted by Crippen LogP contribution is 2.10. The molecule has 0 aliphatic rings. The Hall–Kier alpha value is -0.870. The number of nitrogens with one attached hydrogen (secondary N) is 1. The van der Waals surface area contributed by atoms with Crippen LogP contribution in [0, 0.1) is 0 Å². The molecule has 0 aliphatic carbocycles. The lowest BCUT2D eigenvalue weighted by molar-refractivity contribution is -0.121. The van der Waals surface area contributed by atoms with Gasteiger partial charge in [0.05, 0.1) is 6.04 Å². The molecule has 1 rings (SSSR count). The van der Waals surface area contributed by atoms with E-state index >= 15 is 0 Å². The highest BCUT2D eigenvalue weighted by molar-refractivity contribution is 7.09. The lowest BCUT2D eigenvalue weighted by atomic mass is 10.2. The number of amides is 1. The Morgan fingerprint density at radius 1 is 1.83 bits per heavy atom. The SMILES string of the molecule is CNC(=O)[C@@H](N)Cc1cccs1. The molecule has 1 aromatic heterocycles. The van der Waals surface area contributed by atoms with E-state index in [0.717, 1.165) is 4.88 Å². The number of hydrogen-bond acceptors (Lipinski definition) is 3. The summed E-state index contributed by atoms with van der Waals surface area (Å²) in [6.45, 7) is 0. The topological polar surface area (TPSA) is 55.1 Å². The number of nitrogens with two attached hydrogens (primary N) is 1. The smallest absolute Gasteiger partial charge is 0.237 e. The Kier molecular flexibility index (Phi) is 3.25. The van der Waals surface area contributed by atoms with Gasteiger partial charge in [0.2, 0.25) is 5.91 Å². The summed E-state index contributed by atoms with van der Waals surface area (Å²) in [5, 5.41) is 4.50. The van der Waals surface area contributed by atoms with Crippen molar-refractivity contribution in [1.82, 2.24) is 5.32 Å². The summed E-state index contributed by atoms with van der Waals surface area (Å²) in [4.78, 5) is 12.2. The maximum Gasteiger partial charge on any atom is 0.237 e. The largest absolute Gasteiger partial charge is 0.358 e.